The molecule has 2 N–H and O–H groups in total. The summed E-state index contributed by atoms with van der Waals surface area (Å²) in [5.41, 5.74) is 6.89. The van der Waals surface area contributed by atoms with Crippen LogP contribution in [0, 0.1) is 0 Å². The van der Waals surface area contributed by atoms with Gasteiger partial charge >= 0.3 is 0 Å². The summed E-state index contributed by atoms with van der Waals surface area (Å²) in [7, 11) is 3.32. The zero-order valence-corrected chi connectivity index (χ0v) is 20.4. The van der Waals surface area contributed by atoms with E-state index in [1.165, 1.54) is 10.6 Å². The highest BCUT2D eigenvalue weighted by Gasteiger charge is 2.30. The fourth-order valence-corrected chi connectivity index (χ4v) is 4.54. The molecule has 3 aromatic heterocycles. The number of hydrogen-bond donors (Lipinski definition) is 1. The second-order valence-electron chi connectivity index (χ2n) is 8.63. The third kappa shape index (κ3) is 4.71. The standard InChI is InChI=1S/C25H27N5O3S/c1-16(20-11-8-12-34-20)29(3)23(32)18-13-19(30(4)21(31)14-18)22-27-28-24(33-22)25(2,26)15-17-9-6-5-7-10-17/h5-14,16H,15,26H2,1-4H3. The summed E-state index contributed by atoms with van der Waals surface area (Å²) in [5.74, 6) is 0.106. The SMILES string of the molecule is CC(c1cccs1)N(C)C(=O)c1cc(-c2nnc(C(C)(N)Cc3ccccc3)o2)n(C)c(=O)c1. The van der Waals surface area contributed by atoms with E-state index in [4.69, 9.17) is 10.2 Å². The van der Waals surface area contributed by atoms with E-state index in [1.54, 1.807) is 36.4 Å². The molecule has 34 heavy (non-hydrogen) atoms. The zero-order chi connectivity index (χ0) is 24.5. The molecule has 4 aromatic rings. The summed E-state index contributed by atoms with van der Waals surface area (Å²) in [6.07, 6.45) is 0.498. The number of rotatable bonds is 7. The van der Waals surface area contributed by atoms with Gasteiger partial charge in [-0.15, -0.1) is 21.5 Å². The van der Waals surface area contributed by atoms with Gasteiger partial charge in [-0.3, -0.25) is 9.59 Å². The Morgan fingerprint density at radius 3 is 2.62 bits per heavy atom. The van der Waals surface area contributed by atoms with Crippen LogP contribution in [0.25, 0.3) is 11.6 Å². The van der Waals surface area contributed by atoms with Gasteiger partial charge in [-0.05, 0) is 43.3 Å². The van der Waals surface area contributed by atoms with Crippen LogP contribution < -0.4 is 11.3 Å². The molecule has 0 fully saturated rings. The van der Waals surface area contributed by atoms with Gasteiger partial charge in [0.25, 0.3) is 17.4 Å². The summed E-state index contributed by atoms with van der Waals surface area (Å²) in [4.78, 5) is 28.5. The average Bonchev–Trinajstić information content (AvgIpc) is 3.53. The van der Waals surface area contributed by atoms with E-state index in [9.17, 15) is 9.59 Å². The fourth-order valence-electron chi connectivity index (χ4n) is 3.72. The molecule has 8 nitrogen and oxygen atoms in total. The second kappa shape index (κ2) is 9.36. The van der Waals surface area contributed by atoms with Crippen molar-refractivity contribution in [2.45, 2.75) is 31.8 Å². The Labute approximate surface area is 201 Å². The molecule has 3 heterocycles. The molecule has 2 atom stereocenters. The van der Waals surface area contributed by atoms with Crippen molar-refractivity contribution < 1.29 is 9.21 Å². The first-order valence-electron chi connectivity index (χ1n) is 10.9. The first-order chi connectivity index (χ1) is 16.2. The van der Waals surface area contributed by atoms with Gasteiger partial charge in [0.1, 0.15) is 5.69 Å². The largest absolute Gasteiger partial charge is 0.417 e. The van der Waals surface area contributed by atoms with Crippen molar-refractivity contribution in [1.82, 2.24) is 19.7 Å². The number of nitrogens with zero attached hydrogens (tertiary/aromatic N) is 4. The van der Waals surface area contributed by atoms with Crippen molar-refractivity contribution in [1.29, 1.82) is 0 Å². The van der Waals surface area contributed by atoms with Crippen molar-refractivity contribution >= 4 is 17.2 Å². The summed E-state index contributed by atoms with van der Waals surface area (Å²) in [6.45, 7) is 3.77. The third-order valence-corrected chi connectivity index (χ3v) is 6.96. The highest BCUT2D eigenvalue weighted by atomic mass is 32.1. The Balaban J connectivity index is 1.64. The highest BCUT2D eigenvalue weighted by Crippen LogP contribution is 2.27. The normalized spacial score (nSPS) is 13.9. The van der Waals surface area contributed by atoms with Crippen LogP contribution in [0.1, 0.15) is 46.6 Å². The van der Waals surface area contributed by atoms with Crippen LogP contribution in [0.2, 0.25) is 0 Å². The van der Waals surface area contributed by atoms with Crippen molar-refractivity contribution in [3.8, 4) is 11.6 Å². The first-order valence-corrected chi connectivity index (χ1v) is 11.7. The Hall–Kier alpha value is -3.56. The molecule has 0 aliphatic carbocycles. The number of pyridine rings is 1. The Morgan fingerprint density at radius 2 is 1.94 bits per heavy atom. The Kier molecular flexibility index (Phi) is 6.49. The van der Waals surface area contributed by atoms with Crippen LogP contribution in [0.3, 0.4) is 0 Å². The molecule has 4 rings (SSSR count). The van der Waals surface area contributed by atoms with Gasteiger partial charge in [0, 0.05) is 30.6 Å². The van der Waals surface area contributed by atoms with Gasteiger partial charge < -0.3 is 19.6 Å². The van der Waals surface area contributed by atoms with Gasteiger partial charge in [-0.1, -0.05) is 36.4 Å². The van der Waals surface area contributed by atoms with Crippen LogP contribution in [-0.2, 0) is 19.0 Å². The second-order valence-corrected chi connectivity index (χ2v) is 9.61. The Bertz CT molecular complexity index is 1340. The van der Waals surface area contributed by atoms with Crippen molar-refractivity contribution in [3.05, 3.63) is 92.2 Å². The maximum absolute atomic E-state index is 13.2. The van der Waals surface area contributed by atoms with E-state index in [1.807, 2.05) is 61.7 Å². The lowest BCUT2D eigenvalue weighted by Crippen LogP contribution is -2.35. The van der Waals surface area contributed by atoms with E-state index in [0.717, 1.165) is 10.4 Å². The Morgan fingerprint density at radius 1 is 1.21 bits per heavy atom. The van der Waals surface area contributed by atoms with E-state index in [2.05, 4.69) is 10.2 Å². The number of aromatic nitrogens is 3. The topological polar surface area (TPSA) is 107 Å². The van der Waals surface area contributed by atoms with E-state index in [0.29, 0.717) is 12.1 Å². The quantitative estimate of drug-likeness (QED) is 0.434. The van der Waals surface area contributed by atoms with E-state index < -0.39 is 5.54 Å². The predicted molar refractivity (Wildman–Crippen MR) is 131 cm³/mol. The van der Waals surface area contributed by atoms with Crippen LogP contribution in [0.5, 0.6) is 0 Å². The number of carbonyl (C=O) groups is 1. The van der Waals surface area contributed by atoms with E-state index >= 15 is 0 Å². The number of benzene rings is 1. The molecule has 1 aromatic carbocycles. The molecule has 0 radical (unpaired) electrons. The lowest BCUT2D eigenvalue weighted by Gasteiger charge is -2.24. The molecule has 0 spiro atoms. The van der Waals surface area contributed by atoms with Gasteiger partial charge in [-0.2, -0.15) is 0 Å². The number of amides is 1. The van der Waals surface area contributed by atoms with Gasteiger partial charge in [0.15, 0.2) is 0 Å². The third-order valence-electron chi connectivity index (χ3n) is 5.91. The summed E-state index contributed by atoms with van der Waals surface area (Å²) >= 11 is 1.58. The minimum absolute atomic E-state index is 0.128. The maximum Gasteiger partial charge on any atom is 0.264 e. The predicted octanol–water partition coefficient (Wildman–Crippen LogP) is 3.75. The number of carbonyl (C=O) groups excluding carboxylic acids is 1. The van der Waals surface area contributed by atoms with Crippen molar-refractivity contribution in [2.24, 2.45) is 12.8 Å². The number of nitrogens with two attached hydrogens (primary N) is 1. The van der Waals surface area contributed by atoms with Crippen LogP contribution in [0.15, 0.2) is 69.2 Å². The van der Waals surface area contributed by atoms with Crippen LogP contribution >= 0.6 is 11.3 Å². The molecule has 0 bridgehead atoms. The van der Waals surface area contributed by atoms with Crippen LogP contribution in [0.4, 0.5) is 0 Å². The monoisotopic (exact) mass is 477 g/mol. The summed E-state index contributed by atoms with van der Waals surface area (Å²) in [6, 6.07) is 16.5. The molecule has 0 aliphatic heterocycles. The average molecular weight is 478 g/mol. The first kappa shape index (κ1) is 23.6. The van der Waals surface area contributed by atoms with Gasteiger partial charge in [0.2, 0.25) is 5.89 Å². The fraction of sp³-hybridized carbons (Fsp3) is 0.280. The highest BCUT2D eigenvalue weighted by molar-refractivity contribution is 7.10. The molecule has 0 aliphatic rings. The number of hydrogen-bond acceptors (Lipinski definition) is 7. The molecular weight excluding hydrogens is 450 g/mol. The lowest BCUT2D eigenvalue weighted by molar-refractivity contribution is 0.0744. The molecule has 0 saturated heterocycles. The number of thiophene rings is 1. The molecule has 9 heteroatoms. The minimum Gasteiger partial charge on any atom is -0.417 e. The molecular formula is C25H27N5O3S. The summed E-state index contributed by atoms with van der Waals surface area (Å²) in [5, 5.41) is 10.3. The van der Waals surface area contributed by atoms with E-state index in [-0.39, 0.29) is 34.9 Å². The zero-order valence-electron chi connectivity index (χ0n) is 19.6. The smallest absolute Gasteiger partial charge is 0.264 e. The lowest BCUT2D eigenvalue weighted by atomic mass is 9.94. The summed E-state index contributed by atoms with van der Waals surface area (Å²) < 4.78 is 7.29. The minimum atomic E-state index is -0.907. The van der Waals surface area contributed by atoms with Gasteiger partial charge in [0.05, 0.1) is 11.6 Å². The molecule has 2 unspecified atom stereocenters. The van der Waals surface area contributed by atoms with Crippen LogP contribution in [-0.4, -0.2) is 32.6 Å². The van der Waals surface area contributed by atoms with Gasteiger partial charge in [-0.25, -0.2) is 0 Å². The molecule has 0 saturated carbocycles. The van der Waals surface area contributed by atoms with Crippen molar-refractivity contribution in [2.75, 3.05) is 7.05 Å². The maximum atomic E-state index is 13.2. The molecule has 1 amide bonds. The molecule has 176 valence electrons. The van der Waals surface area contributed by atoms with Crippen molar-refractivity contribution in [3.63, 3.8) is 0 Å².